The second kappa shape index (κ2) is 7.56. The summed E-state index contributed by atoms with van der Waals surface area (Å²) in [6, 6.07) is 25.0. The van der Waals surface area contributed by atoms with Crippen molar-refractivity contribution in [2.45, 2.75) is 6.42 Å². The number of ether oxygens (including phenoxy) is 1. The Kier molecular flexibility index (Phi) is 4.81. The average molecular weight is 373 g/mol. The maximum Gasteiger partial charge on any atom is 0.308 e. The number of para-hydroxylation sites is 1. The molecule has 1 amide bonds. The van der Waals surface area contributed by atoms with E-state index in [4.69, 9.17) is 9.84 Å². The van der Waals surface area contributed by atoms with Gasteiger partial charge in [-0.05, 0) is 35.9 Å². The predicted molar refractivity (Wildman–Crippen MR) is 106 cm³/mol. The predicted octanol–water partition coefficient (Wildman–Crippen LogP) is 4.58. The third-order valence-corrected chi connectivity index (χ3v) is 4.82. The smallest absolute Gasteiger partial charge is 0.308 e. The van der Waals surface area contributed by atoms with Crippen molar-refractivity contribution in [3.63, 3.8) is 0 Å². The maximum atomic E-state index is 12.1. The van der Waals surface area contributed by atoms with Crippen LogP contribution < -0.4 is 9.64 Å². The number of hydrogen-bond acceptors (Lipinski definition) is 3. The topological polar surface area (TPSA) is 66.8 Å². The number of carbonyl (C=O) groups excluding carboxylic acids is 1. The lowest BCUT2D eigenvalue weighted by Gasteiger charge is -2.17. The summed E-state index contributed by atoms with van der Waals surface area (Å²) in [5.74, 6) is -0.372. The minimum atomic E-state index is -0.937. The number of benzene rings is 3. The summed E-state index contributed by atoms with van der Waals surface area (Å²) >= 11 is 0. The number of hydrogen-bond donors (Lipinski definition) is 1. The van der Waals surface area contributed by atoms with Crippen LogP contribution in [0.2, 0.25) is 0 Å². The highest BCUT2D eigenvalue weighted by Crippen LogP contribution is 2.34. The standard InChI is InChI=1S/C23H19NO4/c25-22-14-17(23(26)27)15-24(22)18-10-12-19(13-11-18)28-21-9-5-4-8-20(21)16-6-2-1-3-7-16/h1-13,17H,14-15H2,(H,26,27). The number of anilines is 1. The molecule has 1 N–H and O–H groups in total. The van der Waals surface area contributed by atoms with Gasteiger partial charge in [0.05, 0.1) is 5.92 Å². The van der Waals surface area contributed by atoms with E-state index in [2.05, 4.69) is 0 Å². The molecule has 0 bridgehead atoms. The summed E-state index contributed by atoms with van der Waals surface area (Å²) in [7, 11) is 0. The van der Waals surface area contributed by atoms with Crippen molar-refractivity contribution in [3.8, 4) is 22.6 Å². The highest BCUT2D eigenvalue weighted by Gasteiger charge is 2.34. The maximum absolute atomic E-state index is 12.1. The second-order valence-electron chi connectivity index (χ2n) is 6.70. The molecular weight excluding hydrogens is 354 g/mol. The molecule has 3 aromatic rings. The summed E-state index contributed by atoms with van der Waals surface area (Å²) in [6.07, 6.45) is 0.0397. The molecule has 0 radical (unpaired) electrons. The third kappa shape index (κ3) is 3.60. The fourth-order valence-corrected chi connectivity index (χ4v) is 3.36. The Hall–Kier alpha value is -3.60. The first kappa shape index (κ1) is 17.8. The molecule has 1 saturated heterocycles. The van der Waals surface area contributed by atoms with E-state index >= 15 is 0 Å². The van der Waals surface area contributed by atoms with Crippen molar-refractivity contribution in [1.82, 2.24) is 0 Å². The molecule has 1 fully saturated rings. The van der Waals surface area contributed by atoms with E-state index in [0.717, 1.165) is 16.9 Å². The van der Waals surface area contributed by atoms with Crippen LogP contribution in [0.5, 0.6) is 11.5 Å². The number of carboxylic acid groups (broad SMARTS) is 1. The molecule has 3 aromatic carbocycles. The second-order valence-corrected chi connectivity index (χ2v) is 6.70. The Bertz CT molecular complexity index is 999. The first-order chi connectivity index (χ1) is 13.6. The number of carboxylic acids is 1. The van der Waals surface area contributed by atoms with Crippen LogP contribution in [0.15, 0.2) is 78.9 Å². The zero-order chi connectivity index (χ0) is 19.5. The van der Waals surface area contributed by atoms with Crippen molar-refractivity contribution < 1.29 is 19.4 Å². The Morgan fingerprint density at radius 2 is 1.61 bits per heavy atom. The first-order valence-electron chi connectivity index (χ1n) is 9.07. The van der Waals surface area contributed by atoms with Crippen molar-refractivity contribution >= 4 is 17.6 Å². The van der Waals surface area contributed by atoms with Gasteiger partial charge in [-0.1, -0.05) is 48.5 Å². The van der Waals surface area contributed by atoms with E-state index in [1.807, 2.05) is 54.6 Å². The number of aliphatic carboxylic acids is 1. The van der Waals surface area contributed by atoms with E-state index in [-0.39, 0.29) is 18.9 Å². The van der Waals surface area contributed by atoms with Gasteiger partial charge in [-0.25, -0.2) is 0 Å². The van der Waals surface area contributed by atoms with Gasteiger partial charge in [-0.2, -0.15) is 0 Å². The van der Waals surface area contributed by atoms with E-state index < -0.39 is 11.9 Å². The summed E-state index contributed by atoms with van der Waals surface area (Å²) in [6.45, 7) is 0.200. The first-order valence-corrected chi connectivity index (χ1v) is 9.07. The van der Waals surface area contributed by atoms with E-state index in [9.17, 15) is 9.59 Å². The molecule has 28 heavy (non-hydrogen) atoms. The highest BCUT2D eigenvalue weighted by atomic mass is 16.5. The minimum Gasteiger partial charge on any atom is -0.481 e. The molecule has 1 aliphatic heterocycles. The van der Waals surface area contributed by atoms with Crippen LogP contribution in [-0.4, -0.2) is 23.5 Å². The fraction of sp³-hybridized carbons (Fsp3) is 0.130. The molecule has 1 heterocycles. The van der Waals surface area contributed by atoms with Crippen LogP contribution >= 0.6 is 0 Å². The zero-order valence-electron chi connectivity index (χ0n) is 15.1. The number of carbonyl (C=O) groups is 2. The van der Waals surface area contributed by atoms with E-state index in [0.29, 0.717) is 11.4 Å². The molecule has 0 aliphatic carbocycles. The summed E-state index contributed by atoms with van der Waals surface area (Å²) in [4.78, 5) is 24.7. The van der Waals surface area contributed by atoms with Crippen LogP contribution in [0, 0.1) is 5.92 Å². The van der Waals surface area contributed by atoms with Crippen LogP contribution in [-0.2, 0) is 9.59 Å². The number of rotatable bonds is 5. The third-order valence-electron chi connectivity index (χ3n) is 4.82. The number of amides is 1. The molecule has 0 spiro atoms. The van der Waals surface area contributed by atoms with Gasteiger partial charge in [0.15, 0.2) is 0 Å². The van der Waals surface area contributed by atoms with Crippen LogP contribution in [0.3, 0.4) is 0 Å². The molecule has 140 valence electrons. The Morgan fingerprint density at radius 3 is 2.29 bits per heavy atom. The van der Waals surface area contributed by atoms with E-state index in [1.165, 1.54) is 4.90 Å². The van der Waals surface area contributed by atoms with Crippen LogP contribution in [0.4, 0.5) is 5.69 Å². The zero-order valence-corrected chi connectivity index (χ0v) is 15.1. The lowest BCUT2D eigenvalue weighted by Crippen LogP contribution is -2.25. The van der Waals surface area contributed by atoms with Gasteiger partial charge in [0.1, 0.15) is 11.5 Å². The molecule has 0 saturated carbocycles. The SMILES string of the molecule is O=C(O)C1CC(=O)N(c2ccc(Oc3ccccc3-c3ccccc3)cc2)C1. The molecule has 5 nitrogen and oxygen atoms in total. The minimum absolute atomic E-state index is 0.0397. The molecule has 0 aromatic heterocycles. The number of nitrogens with zero attached hydrogens (tertiary/aromatic N) is 1. The molecule has 1 unspecified atom stereocenters. The molecule has 4 rings (SSSR count). The summed E-state index contributed by atoms with van der Waals surface area (Å²) < 4.78 is 6.07. The van der Waals surface area contributed by atoms with Gasteiger partial charge in [0.2, 0.25) is 5.91 Å². The average Bonchev–Trinajstić information content (AvgIpc) is 3.12. The largest absolute Gasteiger partial charge is 0.481 e. The fourth-order valence-electron chi connectivity index (χ4n) is 3.36. The lowest BCUT2D eigenvalue weighted by atomic mass is 10.0. The van der Waals surface area contributed by atoms with E-state index in [1.54, 1.807) is 24.3 Å². The molecule has 1 aliphatic rings. The molecular formula is C23H19NO4. The molecule has 1 atom stereocenters. The Labute approximate surface area is 162 Å². The Balaban J connectivity index is 1.54. The van der Waals surface area contributed by atoms with Crippen molar-refractivity contribution in [2.75, 3.05) is 11.4 Å². The van der Waals surface area contributed by atoms with Crippen molar-refractivity contribution in [1.29, 1.82) is 0 Å². The lowest BCUT2D eigenvalue weighted by molar-refractivity contribution is -0.141. The van der Waals surface area contributed by atoms with Gasteiger partial charge in [-0.3, -0.25) is 9.59 Å². The Morgan fingerprint density at radius 1 is 0.929 bits per heavy atom. The normalized spacial score (nSPS) is 16.2. The summed E-state index contributed by atoms with van der Waals surface area (Å²) in [5.41, 5.74) is 2.74. The van der Waals surface area contributed by atoms with Crippen LogP contribution in [0.25, 0.3) is 11.1 Å². The van der Waals surface area contributed by atoms with Gasteiger partial charge >= 0.3 is 5.97 Å². The van der Waals surface area contributed by atoms with Crippen molar-refractivity contribution in [2.24, 2.45) is 5.92 Å². The van der Waals surface area contributed by atoms with Gasteiger partial charge in [0.25, 0.3) is 0 Å². The van der Waals surface area contributed by atoms with Gasteiger partial charge < -0.3 is 14.7 Å². The quantitative estimate of drug-likeness (QED) is 0.711. The molecule has 5 heteroatoms. The van der Waals surface area contributed by atoms with Gasteiger partial charge in [-0.15, -0.1) is 0 Å². The highest BCUT2D eigenvalue weighted by molar-refractivity contribution is 5.99. The van der Waals surface area contributed by atoms with Crippen LogP contribution in [0.1, 0.15) is 6.42 Å². The summed E-state index contributed by atoms with van der Waals surface area (Å²) in [5, 5.41) is 9.12. The van der Waals surface area contributed by atoms with Crippen molar-refractivity contribution in [3.05, 3.63) is 78.9 Å². The monoisotopic (exact) mass is 373 g/mol. The van der Waals surface area contributed by atoms with Gasteiger partial charge in [0, 0.05) is 24.2 Å².